The third-order valence-corrected chi connectivity index (χ3v) is 4.53. The number of aliphatic hydroxyl groups excluding tert-OH is 1. The van der Waals surface area contributed by atoms with E-state index in [4.69, 9.17) is 0 Å². The number of benzene rings is 1. The normalized spacial score (nSPS) is 16.8. The molecule has 3 rings (SSSR count). The molecule has 1 amide bonds. The number of likely N-dealkylation sites (tertiary alicyclic amines) is 1. The number of piperidine rings is 1. The van der Waals surface area contributed by atoms with E-state index in [9.17, 15) is 19.5 Å². The largest absolute Gasteiger partial charge is 0.618 e. The monoisotopic (exact) mass is 330 g/mol. The summed E-state index contributed by atoms with van der Waals surface area (Å²) in [5.41, 5.74) is 0.789. The van der Waals surface area contributed by atoms with Gasteiger partial charge in [-0.05, 0) is 42.5 Å². The lowest BCUT2D eigenvalue weighted by atomic mass is 9.87. The summed E-state index contributed by atoms with van der Waals surface area (Å²) in [5, 5.41) is 22.1. The standard InChI is InChI=1S/C18H19FN2O3/c19-15-6-4-13(5-7-15)17(22)14-8-11-20(12-9-14)18(23)16-3-1-2-10-21(16)24/h1-7,10,14,17,22H,8-9,11-12H2. The van der Waals surface area contributed by atoms with Crippen molar-refractivity contribution in [1.29, 1.82) is 0 Å². The Hall–Kier alpha value is -2.47. The number of aliphatic hydroxyl groups is 1. The summed E-state index contributed by atoms with van der Waals surface area (Å²) < 4.78 is 13.5. The van der Waals surface area contributed by atoms with Crippen LogP contribution in [0.15, 0.2) is 48.7 Å². The van der Waals surface area contributed by atoms with Gasteiger partial charge >= 0.3 is 5.91 Å². The highest BCUT2D eigenvalue weighted by Crippen LogP contribution is 2.31. The van der Waals surface area contributed by atoms with E-state index in [0.717, 1.165) is 0 Å². The van der Waals surface area contributed by atoms with Crippen LogP contribution < -0.4 is 4.73 Å². The average molecular weight is 330 g/mol. The van der Waals surface area contributed by atoms with Crippen molar-refractivity contribution in [1.82, 2.24) is 4.90 Å². The minimum Gasteiger partial charge on any atom is -0.618 e. The molecule has 0 bridgehead atoms. The number of halogens is 1. The molecule has 2 heterocycles. The first kappa shape index (κ1) is 16.4. The highest BCUT2D eigenvalue weighted by atomic mass is 19.1. The molecule has 2 aromatic rings. The molecule has 1 aliphatic heterocycles. The van der Waals surface area contributed by atoms with Crippen molar-refractivity contribution in [2.24, 2.45) is 5.92 Å². The fourth-order valence-corrected chi connectivity index (χ4v) is 3.11. The second-order valence-corrected chi connectivity index (χ2v) is 6.04. The molecule has 1 atom stereocenters. The maximum Gasteiger partial charge on any atom is 0.319 e. The number of nitrogens with zero attached hydrogens (tertiary/aromatic N) is 2. The summed E-state index contributed by atoms with van der Waals surface area (Å²) in [5.74, 6) is -0.616. The number of carbonyl (C=O) groups is 1. The molecular formula is C18H19FN2O3. The van der Waals surface area contributed by atoms with Gasteiger partial charge in [0.05, 0.1) is 6.10 Å². The van der Waals surface area contributed by atoms with Crippen LogP contribution in [0.5, 0.6) is 0 Å². The molecule has 1 unspecified atom stereocenters. The molecule has 1 N–H and O–H groups in total. The minimum atomic E-state index is -0.677. The fourth-order valence-electron chi connectivity index (χ4n) is 3.11. The number of rotatable bonds is 3. The van der Waals surface area contributed by atoms with Crippen LogP contribution in [0.3, 0.4) is 0 Å². The van der Waals surface area contributed by atoms with Gasteiger partial charge in [-0.1, -0.05) is 12.1 Å². The lowest BCUT2D eigenvalue weighted by Crippen LogP contribution is -2.45. The predicted octanol–water partition coefficient (Wildman–Crippen LogP) is 2.04. The van der Waals surface area contributed by atoms with E-state index in [-0.39, 0.29) is 23.3 Å². The summed E-state index contributed by atoms with van der Waals surface area (Å²) in [6.45, 7) is 0.966. The first-order chi connectivity index (χ1) is 11.6. The van der Waals surface area contributed by atoms with E-state index in [2.05, 4.69) is 0 Å². The lowest BCUT2D eigenvalue weighted by Gasteiger charge is -2.33. The first-order valence-electron chi connectivity index (χ1n) is 7.97. The van der Waals surface area contributed by atoms with E-state index >= 15 is 0 Å². The Morgan fingerprint density at radius 2 is 1.88 bits per heavy atom. The molecule has 126 valence electrons. The van der Waals surface area contributed by atoms with E-state index in [1.165, 1.54) is 24.4 Å². The van der Waals surface area contributed by atoms with Gasteiger partial charge in [0.1, 0.15) is 5.82 Å². The molecule has 5 nitrogen and oxygen atoms in total. The molecule has 1 saturated heterocycles. The summed E-state index contributed by atoms with van der Waals surface area (Å²) in [7, 11) is 0. The lowest BCUT2D eigenvalue weighted by molar-refractivity contribution is -0.608. The zero-order valence-corrected chi connectivity index (χ0v) is 13.1. The van der Waals surface area contributed by atoms with Crippen LogP contribution in [-0.4, -0.2) is 29.0 Å². The van der Waals surface area contributed by atoms with Gasteiger partial charge in [0.2, 0.25) is 0 Å². The van der Waals surface area contributed by atoms with Crippen molar-refractivity contribution in [3.63, 3.8) is 0 Å². The zero-order chi connectivity index (χ0) is 17.1. The van der Waals surface area contributed by atoms with Crippen molar-refractivity contribution in [2.45, 2.75) is 18.9 Å². The van der Waals surface area contributed by atoms with Gasteiger partial charge in [-0.2, -0.15) is 4.73 Å². The molecular weight excluding hydrogens is 311 g/mol. The van der Waals surface area contributed by atoms with Crippen LogP contribution in [0.1, 0.15) is 35.0 Å². The van der Waals surface area contributed by atoms with E-state index in [1.807, 2.05) is 0 Å². The van der Waals surface area contributed by atoms with Crippen LogP contribution in [0.4, 0.5) is 4.39 Å². The van der Waals surface area contributed by atoms with Crippen molar-refractivity contribution in [3.8, 4) is 0 Å². The highest BCUT2D eigenvalue weighted by molar-refractivity contribution is 5.91. The van der Waals surface area contributed by atoms with Crippen molar-refractivity contribution in [2.75, 3.05) is 13.1 Å². The summed E-state index contributed by atoms with van der Waals surface area (Å²) in [6.07, 6.45) is 1.90. The maximum atomic E-state index is 13.0. The summed E-state index contributed by atoms with van der Waals surface area (Å²) in [4.78, 5) is 14.0. The molecule has 24 heavy (non-hydrogen) atoms. The van der Waals surface area contributed by atoms with Crippen molar-refractivity contribution >= 4 is 5.91 Å². The summed E-state index contributed by atoms with van der Waals surface area (Å²) in [6, 6.07) is 10.6. The molecule has 6 heteroatoms. The van der Waals surface area contributed by atoms with Gasteiger partial charge in [0.15, 0.2) is 6.20 Å². The molecule has 0 aliphatic carbocycles. The Labute approximate surface area is 139 Å². The Bertz CT molecular complexity index is 712. The molecule has 0 radical (unpaired) electrons. The van der Waals surface area contributed by atoms with Gasteiger partial charge in [-0.25, -0.2) is 4.39 Å². The topological polar surface area (TPSA) is 67.5 Å². The van der Waals surface area contributed by atoms with Crippen LogP contribution in [0.25, 0.3) is 0 Å². The predicted molar refractivity (Wildman–Crippen MR) is 85.4 cm³/mol. The molecule has 1 aromatic heterocycles. The Morgan fingerprint density at radius 1 is 1.21 bits per heavy atom. The molecule has 1 aromatic carbocycles. The number of amides is 1. The fraction of sp³-hybridized carbons (Fsp3) is 0.333. The third kappa shape index (κ3) is 3.38. The van der Waals surface area contributed by atoms with Gasteiger partial charge in [0.25, 0.3) is 5.69 Å². The second-order valence-electron chi connectivity index (χ2n) is 6.04. The van der Waals surface area contributed by atoms with Crippen molar-refractivity contribution in [3.05, 3.63) is 70.9 Å². The van der Waals surface area contributed by atoms with Gasteiger partial charge in [-0.3, -0.25) is 4.79 Å². The molecule has 1 fully saturated rings. The quantitative estimate of drug-likeness (QED) is 0.692. The number of hydrogen-bond acceptors (Lipinski definition) is 3. The number of aromatic nitrogens is 1. The maximum absolute atomic E-state index is 13.0. The first-order valence-corrected chi connectivity index (χ1v) is 7.97. The zero-order valence-electron chi connectivity index (χ0n) is 13.1. The number of hydrogen-bond donors (Lipinski definition) is 1. The van der Waals surface area contributed by atoms with Crippen LogP contribution in [-0.2, 0) is 0 Å². The Kier molecular flexibility index (Phi) is 4.76. The van der Waals surface area contributed by atoms with E-state index in [0.29, 0.717) is 36.2 Å². The van der Waals surface area contributed by atoms with Crippen molar-refractivity contribution < 1.29 is 19.0 Å². The van der Waals surface area contributed by atoms with Crippen LogP contribution in [0, 0.1) is 16.9 Å². The molecule has 0 spiro atoms. The highest BCUT2D eigenvalue weighted by Gasteiger charge is 2.31. The molecule has 1 aliphatic rings. The average Bonchev–Trinajstić information content (AvgIpc) is 2.62. The third-order valence-electron chi connectivity index (χ3n) is 4.53. The number of pyridine rings is 1. The Balaban J connectivity index is 1.62. The van der Waals surface area contributed by atoms with Crippen LogP contribution in [0.2, 0.25) is 0 Å². The number of carbonyl (C=O) groups excluding carboxylic acids is 1. The van der Waals surface area contributed by atoms with Crippen LogP contribution >= 0.6 is 0 Å². The van der Waals surface area contributed by atoms with Gasteiger partial charge < -0.3 is 15.2 Å². The Morgan fingerprint density at radius 3 is 2.50 bits per heavy atom. The summed E-state index contributed by atoms with van der Waals surface area (Å²) >= 11 is 0. The minimum absolute atomic E-state index is 0.00894. The van der Waals surface area contributed by atoms with Gasteiger partial charge in [-0.15, -0.1) is 0 Å². The molecule has 0 saturated carbocycles. The smallest absolute Gasteiger partial charge is 0.319 e. The SMILES string of the molecule is O=C(c1cccc[n+]1[O-])N1CCC(C(O)c2ccc(F)cc2)CC1. The van der Waals surface area contributed by atoms with Gasteiger partial charge in [0, 0.05) is 25.2 Å². The van der Waals surface area contributed by atoms with E-state index < -0.39 is 6.10 Å². The second kappa shape index (κ2) is 6.97. The van der Waals surface area contributed by atoms with E-state index in [1.54, 1.807) is 29.2 Å².